The molecule has 0 radical (unpaired) electrons. The van der Waals surface area contributed by atoms with Crippen LogP contribution in [0, 0.1) is 24.1 Å². The summed E-state index contributed by atoms with van der Waals surface area (Å²) in [6.45, 7) is 5.69. The highest BCUT2D eigenvalue weighted by atomic mass is 19.1. The van der Waals surface area contributed by atoms with Crippen LogP contribution in [-0.4, -0.2) is 0 Å². The molecular weight excluding hydrogens is 205 g/mol. The summed E-state index contributed by atoms with van der Waals surface area (Å²) in [6.07, 6.45) is 0. The van der Waals surface area contributed by atoms with Crippen LogP contribution >= 0.6 is 0 Å². The summed E-state index contributed by atoms with van der Waals surface area (Å²) in [6, 6.07) is 5.14. The van der Waals surface area contributed by atoms with Crippen molar-refractivity contribution >= 4 is 11.0 Å². The molecule has 0 aliphatic heterocycles. The lowest BCUT2D eigenvalue weighted by atomic mass is 10.0. The van der Waals surface area contributed by atoms with Crippen LogP contribution in [-0.2, 0) is 0 Å². The van der Waals surface area contributed by atoms with Gasteiger partial charge in [-0.25, -0.2) is 4.39 Å². The Kier molecular flexibility index (Phi) is 2.43. The maximum atomic E-state index is 13.6. The summed E-state index contributed by atoms with van der Waals surface area (Å²) in [5, 5.41) is 9.74. The molecule has 0 aliphatic carbocycles. The molecule has 0 fully saturated rings. The van der Waals surface area contributed by atoms with Gasteiger partial charge < -0.3 is 4.42 Å². The second kappa shape index (κ2) is 3.64. The van der Waals surface area contributed by atoms with Crippen molar-refractivity contribution in [2.24, 2.45) is 0 Å². The van der Waals surface area contributed by atoms with Gasteiger partial charge in [0.1, 0.15) is 17.4 Å². The smallest absolute Gasteiger partial charge is 0.171 e. The molecule has 2 nitrogen and oxygen atoms in total. The number of nitrogens with zero attached hydrogens (tertiary/aromatic N) is 1. The highest BCUT2D eigenvalue weighted by Gasteiger charge is 2.20. The van der Waals surface area contributed by atoms with E-state index in [2.05, 4.69) is 6.07 Å². The van der Waals surface area contributed by atoms with Gasteiger partial charge in [0.15, 0.2) is 11.4 Å². The van der Waals surface area contributed by atoms with E-state index in [1.54, 1.807) is 6.07 Å². The molecule has 1 aromatic heterocycles. The van der Waals surface area contributed by atoms with E-state index < -0.39 is 5.82 Å². The van der Waals surface area contributed by atoms with E-state index in [1.807, 2.05) is 20.8 Å². The molecule has 0 N–H and O–H groups in total. The summed E-state index contributed by atoms with van der Waals surface area (Å²) in [5.74, 6) is 0.218. The highest BCUT2D eigenvalue weighted by molar-refractivity contribution is 5.88. The fourth-order valence-corrected chi connectivity index (χ4v) is 1.87. The average Bonchev–Trinajstić information content (AvgIpc) is 2.64. The van der Waals surface area contributed by atoms with Crippen LogP contribution in [0.3, 0.4) is 0 Å². The predicted octanol–water partition coefficient (Wildman–Crippen LogP) is 3.88. The molecule has 0 saturated heterocycles. The van der Waals surface area contributed by atoms with Crippen molar-refractivity contribution in [3.63, 3.8) is 0 Å². The molecule has 0 atom stereocenters. The van der Waals surface area contributed by atoms with Crippen molar-refractivity contribution in [3.05, 3.63) is 34.8 Å². The summed E-state index contributed by atoms with van der Waals surface area (Å²) in [7, 11) is 0. The van der Waals surface area contributed by atoms with E-state index >= 15 is 0 Å². The van der Waals surface area contributed by atoms with E-state index in [0.717, 1.165) is 5.56 Å². The van der Waals surface area contributed by atoms with Crippen molar-refractivity contribution < 1.29 is 8.81 Å². The van der Waals surface area contributed by atoms with Gasteiger partial charge in [0, 0.05) is 11.3 Å². The third kappa shape index (κ3) is 1.38. The minimum absolute atomic E-state index is 0.0702. The number of halogens is 1. The zero-order chi connectivity index (χ0) is 11.9. The zero-order valence-corrected chi connectivity index (χ0v) is 9.47. The van der Waals surface area contributed by atoms with Crippen molar-refractivity contribution in [1.29, 1.82) is 5.26 Å². The molecule has 1 heterocycles. The summed E-state index contributed by atoms with van der Waals surface area (Å²) >= 11 is 0. The molecule has 0 spiro atoms. The van der Waals surface area contributed by atoms with Crippen molar-refractivity contribution in [2.45, 2.75) is 26.7 Å². The number of fused-ring (bicyclic) bond motifs is 1. The molecule has 82 valence electrons. The second-order valence-corrected chi connectivity index (χ2v) is 4.18. The fraction of sp³-hybridized carbons (Fsp3) is 0.308. The first-order valence-electron chi connectivity index (χ1n) is 5.17. The van der Waals surface area contributed by atoms with Gasteiger partial charge in [-0.05, 0) is 18.6 Å². The van der Waals surface area contributed by atoms with Crippen LogP contribution in [0.15, 0.2) is 16.5 Å². The van der Waals surface area contributed by atoms with Gasteiger partial charge in [-0.3, -0.25) is 0 Å². The molecule has 0 saturated carbocycles. The number of rotatable bonds is 1. The van der Waals surface area contributed by atoms with E-state index in [-0.39, 0.29) is 11.5 Å². The first kappa shape index (κ1) is 10.7. The summed E-state index contributed by atoms with van der Waals surface area (Å²) < 4.78 is 19.0. The number of hydrogen-bond acceptors (Lipinski definition) is 2. The Morgan fingerprint density at radius 1 is 1.38 bits per heavy atom. The Morgan fingerprint density at radius 2 is 2.06 bits per heavy atom. The second-order valence-electron chi connectivity index (χ2n) is 4.18. The highest BCUT2D eigenvalue weighted by Crippen LogP contribution is 2.33. The number of nitriles is 1. The standard InChI is InChI=1S/C13H12FNO/c1-7(2)12-9(6-15)11-8(3)4-5-10(14)13(11)16-12/h4-5,7H,1-3H3. The molecule has 2 rings (SSSR count). The number of hydrogen-bond donors (Lipinski definition) is 0. The molecule has 16 heavy (non-hydrogen) atoms. The molecule has 2 aromatic rings. The lowest BCUT2D eigenvalue weighted by Crippen LogP contribution is -1.87. The Morgan fingerprint density at radius 3 is 2.62 bits per heavy atom. The number of furan rings is 1. The Hall–Kier alpha value is -1.82. The van der Waals surface area contributed by atoms with E-state index in [9.17, 15) is 4.39 Å². The first-order valence-corrected chi connectivity index (χ1v) is 5.17. The monoisotopic (exact) mass is 217 g/mol. The van der Waals surface area contributed by atoms with Gasteiger partial charge >= 0.3 is 0 Å². The van der Waals surface area contributed by atoms with Crippen LogP contribution in [0.5, 0.6) is 0 Å². The summed E-state index contributed by atoms with van der Waals surface area (Å²) in [5.41, 5.74) is 1.52. The summed E-state index contributed by atoms with van der Waals surface area (Å²) in [4.78, 5) is 0. The van der Waals surface area contributed by atoms with Crippen LogP contribution in [0.1, 0.15) is 36.7 Å². The van der Waals surface area contributed by atoms with Crippen LogP contribution < -0.4 is 0 Å². The van der Waals surface area contributed by atoms with Gasteiger partial charge in [0.05, 0.1) is 0 Å². The molecular formula is C13H12FNO. The maximum Gasteiger partial charge on any atom is 0.171 e. The predicted molar refractivity (Wildman–Crippen MR) is 59.7 cm³/mol. The van der Waals surface area contributed by atoms with Crippen molar-refractivity contribution in [3.8, 4) is 6.07 Å². The zero-order valence-electron chi connectivity index (χ0n) is 9.47. The quantitative estimate of drug-likeness (QED) is 0.726. The van der Waals surface area contributed by atoms with Gasteiger partial charge in [-0.15, -0.1) is 0 Å². The van der Waals surface area contributed by atoms with Gasteiger partial charge in [0.25, 0.3) is 0 Å². The van der Waals surface area contributed by atoms with Crippen molar-refractivity contribution in [2.75, 3.05) is 0 Å². The number of benzene rings is 1. The molecule has 3 heteroatoms. The number of aryl methyl sites for hydroxylation is 1. The molecule has 0 unspecified atom stereocenters. The topological polar surface area (TPSA) is 36.9 Å². The third-order valence-corrected chi connectivity index (χ3v) is 2.66. The van der Waals surface area contributed by atoms with E-state index in [4.69, 9.17) is 9.68 Å². The van der Waals surface area contributed by atoms with Gasteiger partial charge in [-0.1, -0.05) is 19.9 Å². The van der Waals surface area contributed by atoms with Crippen molar-refractivity contribution in [1.82, 2.24) is 0 Å². The first-order chi connectivity index (χ1) is 7.56. The van der Waals surface area contributed by atoms with Gasteiger partial charge in [0.2, 0.25) is 0 Å². The van der Waals surface area contributed by atoms with Crippen LogP contribution in [0.2, 0.25) is 0 Å². The van der Waals surface area contributed by atoms with Gasteiger partial charge in [-0.2, -0.15) is 5.26 Å². The van der Waals surface area contributed by atoms with Crippen LogP contribution in [0.25, 0.3) is 11.0 Å². The lowest BCUT2D eigenvalue weighted by molar-refractivity contribution is 0.498. The largest absolute Gasteiger partial charge is 0.456 e. The fourth-order valence-electron chi connectivity index (χ4n) is 1.87. The molecule has 0 aliphatic rings. The minimum Gasteiger partial charge on any atom is -0.456 e. The molecule has 0 amide bonds. The minimum atomic E-state index is -0.413. The SMILES string of the molecule is Cc1ccc(F)c2oc(C(C)C)c(C#N)c12. The van der Waals surface area contributed by atoms with E-state index in [1.165, 1.54) is 6.07 Å². The Balaban J connectivity index is 2.94. The molecule has 0 bridgehead atoms. The lowest BCUT2D eigenvalue weighted by Gasteiger charge is -1.98. The maximum absolute atomic E-state index is 13.6. The average molecular weight is 217 g/mol. The molecule has 1 aromatic carbocycles. The van der Waals surface area contributed by atoms with Crippen LogP contribution in [0.4, 0.5) is 4.39 Å². The Labute approximate surface area is 93.3 Å². The normalized spacial score (nSPS) is 11.0. The Bertz CT molecular complexity index is 590. The van der Waals surface area contributed by atoms with E-state index in [0.29, 0.717) is 16.7 Å². The third-order valence-electron chi connectivity index (χ3n) is 2.66.